The molecule has 2 heterocycles. The highest BCUT2D eigenvalue weighted by molar-refractivity contribution is 5.96. The van der Waals surface area contributed by atoms with Crippen LogP contribution in [0, 0.1) is 0 Å². The summed E-state index contributed by atoms with van der Waals surface area (Å²) in [6.07, 6.45) is 0.103. The summed E-state index contributed by atoms with van der Waals surface area (Å²) in [5, 5.41) is 30.1. The van der Waals surface area contributed by atoms with E-state index in [4.69, 9.17) is 5.73 Å². The summed E-state index contributed by atoms with van der Waals surface area (Å²) in [5.41, 5.74) is 5.82. The molecule has 0 fully saturated rings. The largest absolute Gasteiger partial charge is 0.550 e. The molecule has 0 unspecified atom stereocenters. The van der Waals surface area contributed by atoms with Gasteiger partial charge < -0.3 is 46.4 Å². The Balaban J connectivity index is 1.59. The van der Waals surface area contributed by atoms with E-state index in [2.05, 4.69) is 25.9 Å². The summed E-state index contributed by atoms with van der Waals surface area (Å²) in [4.78, 5) is 65.6. The van der Waals surface area contributed by atoms with Crippen molar-refractivity contribution >= 4 is 47.4 Å². The maximum atomic E-state index is 12.4. The highest BCUT2D eigenvalue weighted by Gasteiger charge is 2.29. The number of hydrogen-bond donors (Lipinski definition) is 5. The van der Waals surface area contributed by atoms with Gasteiger partial charge >= 0.3 is 0 Å². The van der Waals surface area contributed by atoms with Crippen molar-refractivity contribution in [3.05, 3.63) is 40.2 Å². The van der Waals surface area contributed by atoms with Gasteiger partial charge in [-0.2, -0.15) is 4.98 Å². The second kappa shape index (κ2) is 11.0. The first-order valence-electron chi connectivity index (χ1n) is 10.6. The molecule has 0 bridgehead atoms. The molecule has 0 saturated carbocycles. The lowest BCUT2D eigenvalue weighted by molar-refractivity contribution is -0.310. The Hall–Kier alpha value is -4.62. The number of carboxylic acid groups (broad SMARTS) is 2. The van der Waals surface area contributed by atoms with Crippen LogP contribution >= 0.6 is 0 Å². The molecule has 35 heavy (non-hydrogen) atoms. The average Bonchev–Trinajstić information content (AvgIpc) is 2.81. The lowest BCUT2D eigenvalue weighted by atomic mass is 10.1. The number of benzene rings is 1. The first-order valence-corrected chi connectivity index (χ1v) is 10.6. The Morgan fingerprint density at radius 1 is 1.26 bits per heavy atom. The molecule has 1 aromatic carbocycles. The van der Waals surface area contributed by atoms with Gasteiger partial charge in [-0.05, 0) is 43.5 Å². The van der Waals surface area contributed by atoms with Gasteiger partial charge in [0.05, 0.1) is 18.1 Å². The third-order valence-electron chi connectivity index (χ3n) is 5.34. The van der Waals surface area contributed by atoms with Crippen LogP contribution in [0.3, 0.4) is 0 Å². The number of fused-ring (bicyclic) bond motifs is 1. The number of hydrogen-bond acceptors (Lipinski definition) is 11. The number of aliphatic carboxylic acids is 2. The lowest BCUT2D eigenvalue weighted by Gasteiger charge is -2.34. The van der Waals surface area contributed by atoms with Gasteiger partial charge in [-0.15, -0.1) is 0 Å². The van der Waals surface area contributed by atoms with Crippen molar-refractivity contribution in [2.45, 2.75) is 31.3 Å². The topological polar surface area (TPSA) is 225 Å². The summed E-state index contributed by atoms with van der Waals surface area (Å²) >= 11 is 0. The van der Waals surface area contributed by atoms with E-state index < -0.39 is 35.5 Å². The SMILES string of the molecule is Nc1nc2c(c(=O)[nH]1)N(C=O)[C@@H](CNc1ccc(C(=O)N[C@@H](CCCC(=O)[O-])C(=O)[O-])cc1)CN2. The van der Waals surface area contributed by atoms with Gasteiger partial charge in [0.15, 0.2) is 11.5 Å². The molecule has 6 N–H and O–H groups in total. The van der Waals surface area contributed by atoms with Crippen LogP contribution in [0.2, 0.25) is 0 Å². The molecular weight excluding hydrogens is 462 g/mol. The van der Waals surface area contributed by atoms with Gasteiger partial charge in [0, 0.05) is 30.3 Å². The molecule has 0 saturated heterocycles. The fourth-order valence-corrected chi connectivity index (χ4v) is 3.57. The normalized spacial score (nSPS) is 15.3. The van der Waals surface area contributed by atoms with Gasteiger partial charge in [-0.3, -0.25) is 19.4 Å². The quantitative estimate of drug-likeness (QED) is 0.201. The molecule has 14 nitrogen and oxygen atoms in total. The number of nitrogen functional groups attached to an aromatic ring is 1. The van der Waals surface area contributed by atoms with E-state index in [1.165, 1.54) is 17.0 Å². The molecule has 2 atom stereocenters. The van der Waals surface area contributed by atoms with Crippen LogP contribution in [0.5, 0.6) is 0 Å². The van der Waals surface area contributed by atoms with Gasteiger partial charge in [-0.25, -0.2) is 0 Å². The zero-order valence-electron chi connectivity index (χ0n) is 18.4. The molecule has 0 spiro atoms. The minimum atomic E-state index is -1.52. The second-order valence-corrected chi connectivity index (χ2v) is 7.76. The Bertz CT molecular complexity index is 1170. The zero-order chi connectivity index (χ0) is 25.5. The number of anilines is 4. The van der Waals surface area contributed by atoms with E-state index in [0.717, 1.165) is 0 Å². The van der Waals surface area contributed by atoms with Gasteiger partial charge in [0.1, 0.15) is 0 Å². The van der Waals surface area contributed by atoms with Gasteiger partial charge in [0.25, 0.3) is 11.5 Å². The van der Waals surface area contributed by atoms with Crippen LogP contribution in [-0.2, 0) is 14.4 Å². The Labute approximate surface area is 198 Å². The van der Waals surface area contributed by atoms with Crippen LogP contribution in [0.4, 0.5) is 23.1 Å². The molecule has 0 aliphatic carbocycles. The molecule has 1 aliphatic rings. The average molecular weight is 485 g/mol. The number of nitrogens with two attached hydrogens (primary N) is 1. The summed E-state index contributed by atoms with van der Waals surface area (Å²) in [6, 6.07) is 4.33. The highest BCUT2D eigenvalue weighted by Crippen LogP contribution is 2.25. The Morgan fingerprint density at radius 3 is 2.60 bits per heavy atom. The molecular formula is C21H23N7O7-2. The highest BCUT2D eigenvalue weighted by atomic mass is 16.4. The first kappa shape index (κ1) is 25.0. The number of carbonyl (C=O) groups is 4. The fourth-order valence-electron chi connectivity index (χ4n) is 3.57. The summed E-state index contributed by atoms with van der Waals surface area (Å²) in [5.74, 6) is -3.36. The maximum Gasteiger partial charge on any atom is 0.278 e. The Kier molecular flexibility index (Phi) is 7.86. The minimum Gasteiger partial charge on any atom is -0.550 e. The molecule has 1 aromatic heterocycles. The van der Waals surface area contributed by atoms with Gasteiger partial charge in [0.2, 0.25) is 12.4 Å². The summed E-state index contributed by atoms with van der Waals surface area (Å²) < 4.78 is 0. The zero-order valence-corrected chi connectivity index (χ0v) is 18.4. The van der Waals surface area contributed by atoms with E-state index in [0.29, 0.717) is 18.6 Å². The van der Waals surface area contributed by atoms with Crippen LogP contribution < -0.4 is 42.4 Å². The third kappa shape index (κ3) is 6.25. The molecule has 186 valence electrons. The van der Waals surface area contributed by atoms with Crippen LogP contribution in [0.15, 0.2) is 29.1 Å². The number of nitrogens with zero attached hydrogens (tertiary/aromatic N) is 2. The molecule has 3 rings (SSSR count). The number of aromatic amines is 1. The number of aromatic nitrogens is 2. The van der Waals surface area contributed by atoms with E-state index in [1.54, 1.807) is 12.1 Å². The predicted molar refractivity (Wildman–Crippen MR) is 120 cm³/mol. The van der Waals surface area contributed by atoms with Crippen molar-refractivity contribution in [3.8, 4) is 0 Å². The van der Waals surface area contributed by atoms with Crippen molar-refractivity contribution in [3.63, 3.8) is 0 Å². The maximum absolute atomic E-state index is 12.4. The standard InChI is InChI=1S/C21H25N7O7/c22-21-26-17-16(19(33)27-21)28(10-29)13(9-24-17)8-23-12-6-4-11(5-7-12)18(32)25-14(20(34)35)2-1-3-15(30)31/h4-7,10,13-14,23H,1-3,8-9H2,(H,25,32)(H,30,31)(H,34,35)(H4,22,24,26,27,33)/p-2/t13-,14-/m0/s1. The summed E-state index contributed by atoms with van der Waals surface area (Å²) in [6.45, 7) is 0.559. The van der Waals surface area contributed by atoms with Crippen molar-refractivity contribution in [1.29, 1.82) is 0 Å². The van der Waals surface area contributed by atoms with Crippen molar-refractivity contribution < 1.29 is 29.4 Å². The van der Waals surface area contributed by atoms with Gasteiger partial charge in [-0.1, -0.05) is 0 Å². The number of amides is 2. The van der Waals surface area contributed by atoms with Crippen LogP contribution in [0.1, 0.15) is 29.6 Å². The third-order valence-corrected chi connectivity index (χ3v) is 5.34. The molecule has 0 radical (unpaired) electrons. The Morgan fingerprint density at radius 2 is 1.97 bits per heavy atom. The first-order chi connectivity index (χ1) is 16.7. The fraction of sp³-hybridized carbons (Fsp3) is 0.333. The van der Waals surface area contributed by atoms with E-state index >= 15 is 0 Å². The number of H-pyrrole nitrogens is 1. The van der Waals surface area contributed by atoms with Crippen molar-refractivity contribution in [2.24, 2.45) is 0 Å². The summed E-state index contributed by atoms with van der Waals surface area (Å²) in [7, 11) is 0. The van der Waals surface area contributed by atoms with Crippen molar-refractivity contribution in [2.75, 3.05) is 34.4 Å². The van der Waals surface area contributed by atoms with E-state index in [-0.39, 0.29) is 48.8 Å². The number of carboxylic acids is 2. The van der Waals surface area contributed by atoms with E-state index in [9.17, 15) is 34.2 Å². The lowest BCUT2D eigenvalue weighted by Crippen LogP contribution is -2.50. The van der Waals surface area contributed by atoms with Crippen LogP contribution in [0.25, 0.3) is 0 Å². The monoisotopic (exact) mass is 485 g/mol. The molecule has 2 aromatic rings. The van der Waals surface area contributed by atoms with Crippen molar-refractivity contribution in [1.82, 2.24) is 15.3 Å². The number of carbonyl (C=O) groups excluding carboxylic acids is 4. The molecule has 2 amide bonds. The molecule has 14 heteroatoms. The number of rotatable bonds is 11. The van der Waals surface area contributed by atoms with E-state index in [1.807, 2.05) is 0 Å². The van der Waals surface area contributed by atoms with Crippen LogP contribution in [-0.4, -0.2) is 59.4 Å². The smallest absolute Gasteiger partial charge is 0.278 e. The minimum absolute atomic E-state index is 0.0116. The number of nitrogens with one attached hydrogen (secondary N) is 4. The second-order valence-electron chi connectivity index (χ2n) is 7.76. The molecule has 1 aliphatic heterocycles. The predicted octanol–water partition coefficient (Wildman–Crippen LogP) is -3.01.